The second-order valence-electron chi connectivity index (χ2n) is 4.05. The third-order valence-electron chi connectivity index (χ3n) is 2.61. The van der Waals surface area contributed by atoms with Gasteiger partial charge in [0.1, 0.15) is 12.4 Å². The van der Waals surface area contributed by atoms with Crippen LogP contribution in [0.15, 0.2) is 18.7 Å². The summed E-state index contributed by atoms with van der Waals surface area (Å²) in [4.78, 5) is 0. The largest absolute Gasteiger partial charge is 0.382 e. The fraction of sp³-hybridized carbons (Fsp3) is 0.692. The molecule has 17 heavy (non-hydrogen) atoms. The van der Waals surface area contributed by atoms with Crippen molar-refractivity contribution in [3.05, 3.63) is 18.7 Å². The summed E-state index contributed by atoms with van der Waals surface area (Å²) in [7, 11) is 0. The van der Waals surface area contributed by atoms with Crippen molar-refractivity contribution in [1.82, 2.24) is 4.57 Å². The van der Waals surface area contributed by atoms with E-state index in [1.54, 1.807) is 0 Å². The van der Waals surface area contributed by atoms with E-state index in [4.69, 9.17) is 10.00 Å². The first-order valence-corrected chi connectivity index (χ1v) is 6.36. The normalized spacial score (nSPS) is 10.4. The summed E-state index contributed by atoms with van der Waals surface area (Å²) in [5.74, 6) is 0. The molecule has 4 heteroatoms. The molecule has 0 N–H and O–H groups in total. The molecule has 0 saturated carbocycles. The first-order chi connectivity index (χ1) is 8.36. The molecule has 1 aromatic heterocycles. The maximum absolute atomic E-state index is 8.46. The molecule has 0 amide bonds. The molecule has 0 unspecified atom stereocenters. The van der Waals surface area contributed by atoms with Gasteiger partial charge in [0.05, 0.1) is 19.2 Å². The highest BCUT2D eigenvalue weighted by atomic mass is 16.5. The number of hydrogen-bond acceptors (Lipinski definition) is 2. The minimum absolute atomic E-state index is 0.631. The van der Waals surface area contributed by atoms with Gasteiger partial charge in [-0.25, -0.2) is 9.13 Å². The van der Waals surface area contributed by atoms with E-state index in [0.717, 1.165) is 45.6 Å². The summed E-state index contributed by atoms with van der Waals surface area (Å²) >= 11 is 0. The number of hydrogen-bond donors (Lipinski definition) is 0. The van der Waals surface area contributed by atoms with Crippen LogP contribution in [0.3, 0.4) is 0 Å². The van der Waals surface area contributed by atoms with Crippen molar-refractivity contribution >= 4 is 0 Å². The fourth-order valence-corrected chi connectivity index (χ4v) is 1.69. The summed E-state index contributed by atoms with van der Waals surface area (Å²) in [6.45, 7) is 5.66. The maximum atomic E-state index is 8.46. The molecular formula is C13H22N3O+. The minimum Gasteiger partial charge on any atom is -0.382 e. The number of ether oxygens (including phenoxy) is 1. The summed E-state index contributed by atoms with van der Waals surface area (Å²) in [6.07, 6.45) is 10.1. The monoisotopic (exact) mass is 236 g/mol. The van der Waals surface area contributed by atoms with Crippen molar-refractivity contribution in [2.24, 2.45) is 0 Å². The Morgan fingerprint density at radius 3 is 3.00 bits per heavy atom. The van der Waals surface area contributed by atoms with E-state index in [-0.39, 0.29) is 0 Å². The van der Waals surface area contributed by atoms with Crippen LogP contribution in [0.2, 0.25) is 0 Å². The lowest BCUT2D eigenvalue weighted by Gasteiger charge is -1.99. The molecule has 1 rings (SSSR count). The molecule has 0 fully saturated rings. The van der Waals surface area contributed by atoms with Crippen LogP contribution in [0.25, 0.3) is 0 Å². The first kappa shape index (κ1) is 13.7. The van der Waals surface area contributed by atoms with E-state index in [2.05, 4.69) is 33.9 Å². The van der Waals surface area contributed by atoms with Gasteiger partial charge in [-0.2, -0.15) is 5.26 Å². The molecule has 0 spiro atoms. The van der Waals surface area contributed by atoms with Gasteiger partial charge in [0.2, 0.25) is 6.33 Å². The lowest BCUT2D eigenvalue weighted by atomic mass is 10.3. The van der Waals surface area contributed by atoms with E-state index < -0.39 is 0 Å². The van der Waals surface area contributed by atoms with Crippen molar-refractivity contribution in [2.75, 3.05) is 13.2 Å². The molecular weight excluding hydrogens is 214 g/mol. The molecule has 1 heterocycles. The van der Waals surface area contributed by atoms with Crippen LogP contribution in [0.1, 0.15) is 32.6 Å². The summed E-state index contributed by atoms with van der Waals surface area (Å²) in [5, 5.41) is 8.46. The molecule has 0 radical (unpaired) electrons. The zero-order valence-corrected chi connectivity index (χ0v) is 10.6. The van der Waals surface area contributed by atoms with Gasteiger partial charge in [0.15, 0.2) is 0 Å². The average Bonchev–Trinajstić information content (AvgIpc) is 2.77. The summed E-state index contributed by atoms with van der Waals surface area (Å²) < 4.78 is 9.63. The van der Waals surface area contributed by atoms with Crippen LogP contribution in [-0.2, 0) is 17.8 Å². The Morgan fingerprint density at radius 1 is 1.35 bits per heavy atom. The zero-order valence-electron chi connectivity index (χ0n) is 10.6. The number of unbranched alkanes of at least 4 members (excludes halogenated alkanes) is 2. The fourth-order valence-electron chi connectivity index (χ4n) is 1.69. The predicted octanol–water partition coefficient (Wildman–Crippen LogP) is 1.90. The van der Waals surface area contributed by atoms with Gasteiger partial charge in [-0.1, -0.05) is 0 Å². The third-order valence-corrected chi connectivity index (χ3v) is 2.61. The highest BCUT2D eigenvalue weighted by Crippen LogP contribution is 1.94. The Morgan fingerprint density at radius 2 is 2.24 bits per heavy atom. The quantitative estimate of drug-likeness (QED) is 0.485. The summed E-state index contributed by atoms with van der Waals surface area (Å²) in [6, 6.07) is 2.16. The molecule has 94 valence electrons. The molecule has 4 nitrogen and oxygen atoms in total. The van der Waals surface area contributed by atoms with Crippen LogP contribution in [0, 0.1) is 11.3 Å². The topological polar surface area (TPSA) is 41.8 Å². The standard InChI is InChI=1S/C13H22N3O/c1-2-17-12-6-5-9-16-11-10-15(13-16)8-4-3-7-14/h10-11,13H,2-6,8-9,12H2,1H3/q+1. The van der Waals surface area contributed by atoms with Crippen molar-refractivity contribution in [3.8, 4) is 6.07 Å². The Hall–Kier alpha value is -1.34. The molecule has 0 aliphatic carbocycles. The van der Waals surface area contributed by atoms with E-state index >= 15 is 0 Å². The Balaban J connectivity index is 2.15. The average molecular weight is 236 g/mol. The van der Waals surface area contributed by atoms with Crippen molar-refractivity contribution < 1.29 is 9.30 Å². The third kappa shape index (κ3) is 6.08. The Kier molecular flexibility index (Phi) is 7.08. The van der Waals surface area contributed by atoms with Gasteiger partial charge >= 0.3 is 0 Å². The van der Waals surface area contributed by atoms with Crippen LogP contribution in [0.4, 0.5) is 0 Å². The smallest absolute Gasteiger partial charge is 0.243 e. The number of imidazole rings is 1. The van der Waals surface area contributed by atoms with Crippen LogP contribution in [0.5, 0.6) is 0 Å². The van der Waals surface area contributed by atoms with E-state index in [1.807, 2.05) is 6.92 Å². The van der Waals surface area contributed by atoms with Gasteiger partial charge in [-0.15, -0.1) is 0 Å². The van der Waals surface area contributed by atoms with Crippen molar-refractivity contribution in [3.63, 3.8) is 0 Å². The molecule has 1 aromatic rings. The van der Waals surface area contributed by atoms with Gasteiger partial charge in [0.25, 0.3) is 0 Å². The molecule has 0 bridgehead atoms. The Bertz CT molecular complexity index is 341. The van der Waals surface area contributed by atoms with Crippen molar-refractivity contribution in [2.45, 2.75) is 45.7 Å². The maximum Gasteiger partial charge on any atom is 0.243 e. The number of nitriles is 1. The Labute approximate surface area is 103 Å². The molecule has 0 saturated heterocycles. The van der Waals surface area contributed by atoms with E-state index in [1.165, 1.54) is 0 Å². The molecule has 0 aromatic carbocycles. The number of nitrogens with zero attached hydrogens (tertiary/aromatic N) is 3. The number of aromatic nitrogens is 2. The van der Waals surface area contributed by atoms with Gasteiger partial charge in [-0.05, 0) is 26.2 Å². The van der Waals surface area contributed by atoms with Crippen LogP contribution in [-0.4, -0.2) is 17.8 Å². The lowest BCUT2D eigenvalue weighted by molar-refractivity contribution is -0.697. The molecule has 0 aliphatic heterocycles. The van der Waals surface area contributed by atoms with Gasteiger partial charge < -0.3 is 4.74 Å². The summed E-state index contributed by atoms with van der Waals surface area (Å²) in [5.41, 5.74) is 0. The minimum atomic E-state index is 0.631. The lowest BCUT2D eigenvalue weighted by Crippen LogP contribution is -2.31. The molecule has 0 atom stereocenters. The first-order valence-electron chi connectivity index (χ1n) is 6.36. The SMILES string of the molecule is CCOCCCC[n+]1ccn(CCCC#N)c1. The van der Waals surface area contributed by atoms with E-state index in [0.29, 0.717) is 6.42 Å². The number of rotatable bonds is 9. The highest BCUT2D eigenvalue weighted by molar-refractivity contribution is 4.71. The second kappa shape index (κ2) is 8.77. The van der Waals surface area contributed by atoms with Crippen molar-refractivity contribution in [1.29, 1.82) is 5.26 Å². The van der Waals surface area contributed by atoms with E-state index in [9.17, 15) is 0 Å². The predicted molar refractivity (Wildman–Crippen MR) is 65.2 cm³/mol. The van der Waals surface area contributed by atoms with Crippen LogP contribution >= 0.6 is 0 Å². The molecule has 0 aliphatic rings. The zero-order chi connectivity index (χ0) is 12.3. The van der Waals surface area contributed by atoms with Gasteiger partial charge in [-0.3, -0.25) is 0 Å². The second-order valence-corrected chi connectivity index (χ2v) is 4.05. The van der Waals surface area contributed by atoms with Crippen LogP contribution < -0.4 is 4.57 Å². The van der Waals surface area contributed by atoms with Gasteiger partial charge in [0, 0.05) is 19.6 Å². The number of aryl methyl sites for hydroxylation is 2. The highest BCUT2D eigenvalue weighted by Gasteiger charge is 2.02.